The lowest BCUT2D eigenvalue weighted by atomic mass is 10.1. The van der Waals surface area contributed by atoms with E-state index < -0.39 is 0 Å². The average molecular weight is 278 g/mol. The lowest BCUT2D eigenvalue weighted by molar-refractivity contribution is 0.475. The normalized spacial score (nSPS) is 10.5. The molecule has 0 amide bonds. The van der Waals surface area contributed by atoms with Crippen molar-refractivity contribution >= 4 is 0 Å². The average Bonchev–Trinajstić information content (AvgIpc) is 2.51. The fourth-order valence-corrected chi connectivity index (χ4v) is 2.20. The molecule has 104 valence electrons. The number of rotatable bonds is 2. The third-order valence-corrected chi connectivity index (χ3v) is 3.32. The van der Waals surface area contributed by atoms with Crippen molar-refractivity contribution in [2.24, 2.45) is 0 Å². The van der Waals surface area contributed by atoms with Crippen molar-refractivity contribution in [3.05, 3.63) is 70.5 Å². The molecule has 2 N–H and O–H groups in total. The van der Waals surface area contributed by atoms with Gasteiger partial charge in [0.15, 0.2) is 0 Å². The molecule has 4 nitrogen and oxygen atoms in total. The monoisotopic (exact) mass is 278 g/mol. The van der Waals surface area contributed by atoms with E-state index in [0.29, 0.717) is 22.6 Å². The van der Waals surface area contributed by atoms with Gasteiger partial charge in [0.1, 0.15) is 11.6 Å². The van der Waals surface area contributed by atoms with Gasteiger partial charge >= 0.3 is 0 Å². The Bertz CT molecular complexity index is 839. The van der Waals surface area contributed by atoms with Crippen LogP contribution in [-0.2, 0) is 0 Å². The highest BCUT2D eigenvalue weighted by atomic mass is 16.3. The van der Waals surface area contributed by atoms with Crippen molar-refractivity contribution in [2.75, 3.05) is 0 Å². The first-order valence-electron chi connectivity index (χ1n) is 6.61. The van der Waals surface area contributed by atoms with E-state index in [1.807, 2.05) is 30.3 Å². The number of hydrogen-bond acceptors (Lipinski definition) is 3. The Hall–Kier alpha value is -2.88. The van der Waals surface area contributed by atoms with E-state index in [0.717, 1.165) is 5.56 Å². The Morgan fingerprint density at radius 1 is 1.00 bits per heavy atom. The van der Waals surface area contributed by atoms with E-state index in [9.17, 15) is 9.90 Å². The molecule has 0 fully saturated rings. The molecule has 3 aromatic rings. The van der Waals surface area contributed by atoms with Gasteiger partial charge in [-0.2, -0.15) is 0 Å². The molecule has 0 aliphatic rings. The molecule has 1 heterocycles. The maximum Gasteiger partial charge on any atom is 0.254 e. The molecule has 0 unspecified atom stereocenters. The minimum Gasteiger partial charge on any atom is -0.508 e. The van der Waals surface area contributed by atoms with Crippen LogP contribution in [-0.4, -0.2) is 15.1 Å². The number of nitrogens with zero attached hydrogens (tertiary/aromatic N) is 1. The Labute approximate surface area is 121 Å². The van der Waals surface area contributed by atoms with E-state index >= 15 is 0 Å². The smallest absolute Gasteiger partial charge is 0.254 e. The Morgan fingerprint density at radius 3 is 2.43 bits per heavy atom. The molecule has 4 heteroatoms. The van der Waals surface area contributed by atoms with Crippen LogP contribution in [0, 0.1) is 6.92 Å². The van der Waals surface area contributed by atoms with Gasteiger partial charge in [0, 0.05) is 16.7 Å². The second kappa shape index (κ2) is 5.25. The summed E-state index contributed by atoms with van der Waals surface area (Å²) in [4.78, 5) is 19.4. The Balaban J connectivity index is 2.21. The Morgan fingerprint density at radius 2 is 1.71 bits per heavy atom. The van der Waals surface area contributed by atoms with Gasteiger partial charge in [-0.15, -0.1) is 0 Å². The molecule has 0 saturated carbocycles. The summed E-state index contributed by atoms with van der Waals surface area (Å²) >= 11 is 0. The number of aromatic hydroxyl groups is 1. The summed E-state index contributed by atoms with van der Waals surface area (Å²) < 4.78 is 0. The summed E-state index contributed by atoms with van der Waals surface area (Å²) in [6, 6.07) is 16.2. The summed E-state index contributed by atoms with van der Waals surface area (Å²) in [5, 5.41) is 9.56. The summed E-state index contributed by atoms with van der Waals surface area (Å²) in [6.07, 6.45) is 0. The zero-order valence-corrected chi connectivity index (χ0v) is 11.5. The highest BCUT2D eigenvalue weighted by Crippen LogP contribution is 2.23. The lowest BCUT2D eigenvalue weighted by Crippen LogP contribution is -2.14. The molecule has 2 aromatic carbocycles. The van der Waals surface area contributed by atoms with E-state index in [4.69, 9.17) is 0 Å². The van der Waals surface area contributed by atoms with E-state index in [2.05, 4.69) is 9.97 Å². The van der Waals surface area contributed by atoms with E-state index in [1.54, 1.807) is 31.2 Å². The molecule has 0 aliphatic heterocycles. The van der Waals surface area contributed by atoms with Gasteiger partial charge in [-0.1, -0.05) is 42.5 Å². The van der Waals surface area contributed by atoms with Gasteiger partial charge in [0.25, 0.3) is 5.56 Å². The minimum absolute atomic E-state index is 0.136. The molecular weight excluding hydrogens is 264 g/mol. The molecule has 0 bridgehead atoms. The second-order valence-corrected chi connectivity index (χ2v) is 4.80. The summed E-state index contributed by atoms with van der Waals surface area (Å²) in [5.74, 6) is 0.581. The number of phenols is 1. The maximum absolute atomic E-state index is 12.1. The van der Waals surface area contributed by atoms with Crippen LogP contribution in [0.3, 0.4) is 0 Å². The van der Waals surface area contributed by atoms with Gasteiger partial charge in [-0.25, -0.2) is 4.98 Å². The number of aromatic amines is 1. The first kappa shape index (κ1) is 13.1. The molecule has 0 spiro atoms. The second-order valence-electron chi connectivity index (χ2n) is 4.80. The summed E-state index contributed by atoms with van der Waals surface area (Å²) in [7, 11) is 0. The van der Waals surface area contributed by atoms with E-state index in [1.165, 1.54) is 0 Å². The maximum atomic E-state index is 12.1. The molecule has 3 rings (SSSR count). The first-order valence-corrected chi connectivity index (χ1v) is 6.61. The van der Waals surface area contributed by atoms with E-state index in [-0.39, 0.29) is 11.3 Å². The van der Waals surface area contributed by atoms with Gasteiger partial charge in [0.05, 0.1) is 5.69 Å². The van der Waals surface area contributed by atoms with Gasteiger partial charge in [-0.05, 0) is 19.1 Å². The topological polar surface area (TPSA) is 66.0 Å². The molecule has 0 atom stereocenters. The van der Waals surface area contributed by atoms with Crippen molar-refractivity contribution in [2.45, 2.75) is 6.92 Å². The van der Waals surface area contributed by atoms with Crippen LogP contribution in [0.1, 0.15) is 5.56 Å². The van der Waals surface area contributed by atoms with Crippen molar-refractivity contribution < 1.29 is 5.11 Å². The minimum atomic E-state index is -0.179. The van der Waals surface area contributed by atoms with Crippen LogP contribution in [0.15, 0.2) is 59.4 Å². The van der Waals surface area contributed by atoms with Gasteiger partial charge in [-0.3, -0.25) is 4.79 Å². The predicted molar refractivity (Wildman–Crippen MR) is 82.1 cm³/mol. The fourth-order valence-electron chi connectivity index (χ4n) is 2.20. The van der Waals surface area contributed by atoms with Gasteiger partial charge < -0.3 is 10.1 Å². The van der Waals surface area contributed by atoms with Crippen molar-refractivity contribution in [1.29, 1.82) is 0 Å². The number of phenolic OH excluding ortho intramolecular Hbond substituents is 1. The van der Waals surface area contributed by atoms with Crippen LogP contribution in [0.4, 0.5) is 0 Å². The standard InChI is InChI=1S/C17H14N2O2/c1-11-15(12-6-3-2-4-7-12)18-16(19-17(11)21)13-8-5-9-14(20)10-13/h2-10,20H,1H3,(H,18,19,21). The molecule has 1 aromatic heterocycles. The zero-order chi connectivity index (χ0) is 14.8. The van der Waals surface area contributed by atoms with Gasteiger partial charge in [0.2, 0.25) is 0 Å². The SMILES string of the molecule is Cc1c(-c2ccccc2)nc(-c2cccc(O)c2)[nH]c1=O. The number of benzene rings is 2. The summed E-state index contributed by atoms with van der Waals surface area (Å²) in [6.45, 7) is 1.75. The van der Waals surface area contributed by atoms with Crippen LogP contribution in [0.2, 0.25) is 0 Å². The molecule has 0 aliphatic carbocycles. The third kappa shape index (κ3) is 2.56. The van der Waals surface area contributed by atoms with Crippen LogP contribution in [0.25, 0.3) is 22.6 Å². The fraction of sp³-hybridized carbons (Fsp3) is 0.0588. The lowest BCUT2D eigenvalue weighted by Gasteiger charge is -2.08. The van der Waals surface area contributed by atoms with Crippen molar-refractivity contribution in [3.63, 3.8) is 0 Å². The van der Waals surface area contributed by atoms with Crippen LogP contribution in [0.5, 0.6) is 5.75 Å². The van der Waals surface area contributed by atoms with Crippen molar-refractivity contribution in [3.8, 4) is 28.4 Å². The summed E-state index contributed by atoms with van der Waals surface area (Å²) in [5.41, 5.74) is 2.61. The molecule has 0 radical (unpaired) electrons. The van der Waals surface area contributed by atoms with Crippen molar-refractivity contribution in [1.82, 2.24) is 9.97 Å². The van der Waals surface area contributed by atoms with Crippen LogP contribution >= 0.6 is 0 Å². The highest BCUT2D eigenvalue weighted by Gasteiger charge is 2.11. The van der Waals surface area contributed by atoms with Crippen LogP contribution < -0.4 is 5.56 Å². The molecule has 21 heavy (non-hydrogen) atoms. The number of aromatic nitrogens is 2. The largest absolute Gasteiger partial charge is 0.508 e. The zero-order valence-electron chi connectivity index (χ0n) is 11.5. The molecular formula is C17H14N2O2. The number of hydrogen-bond donors (Lipinski definition) is 2. The predicted octanol–water partition coefficient (Wildman–Crippen LogP) is 3.12. The first-order chi connectivity index (χ1) is 10.1. The number of nitrogens with one attached hydrogen (secondary N) is 1. The highest BCUT2D eigenvalue weighted by molar-refractivity contribution is 5.66. The third-order valence-electron chi connectivity index (χ3n) is 3.32. The Kier molecular flexibility index (Phi) is 3.28. The molecule has 0 saturated heterocycles. The number of H-pyrrole nitrogens is 1. The quantitative estimate of drug-likeness (QED) is 0.757.